The van der Waals surface area contributed by atoms with E-state index in [1.165, 1.54) is 25.7 Å². The Morgan fingerprint density at radius 3 is 2.76 bits per heavy atom. The zero-order valence-corrected chi connectivity index (χ0v) is 15.7. The Hall–Kier alpha value is -1.11. The van der Waals surface area contributed by atoms with Gasteiger partial charge in [0.25, 0.3) is 5.91 Å². The zero-order valence-electron chi connectivity index (χ0n) is 14.9. The van der Waals surface area contributed by atoms with Crippen molar-refractivity contribution in [3.63, 3.8) is 0 Å². The molecule has 1 aromatic rings. The molecule has 2 aliphatic rings. The largest absolute Gasteiger partial charge is 0.376 e. The molecule has 1 unspecified atom stereocenters. The minimum absolute atomic E-state index is 0. The van der Waals surface area contributed by atoms with Crippen molar-refractivity contribution in [3.8, 4) is 0 Å². The first-order valence-corrected chi connectivity index (χ1v) is 9.48. The Balaban J connectivity index is 0.00000225. The Bertz CT molecular complexity index is 509. The van der Waals surface area contributed by atoms with E-state index in [2.05, 4.69) is 15.7 Å². The lowest BCUT2D eigenvalue weighted by Gasteiger charge is -2.22. The summed E-state index contributed by atoms with van der Waals surface area (Å²) < 4.78 is 7.82. The smallest absolute Gasteiger partial charge is 0.271 e. The highest BCUT2D eigenvalue weighted by atomic mass is 35.5. The third-order valence-corrected chi connectivity index (χ3v) is 5.03. The number of amides is 1. The number of piperidine rings is 1. The van der Waals surface area contributed by atoms with Crippen LogP contribution in [-0.2, 0) is 4.74 Å². The third kappa shape index (κ3) is 6.28. The van der Waals surface area contributed by atoms with Gasteiger partial charge in [0.2, 0.25) is 0 Å². The number of aromatic nitrogens is 2. The van der Waals surface area contributed by atoms with Crippen molar-refractivity contribution in [2.45, 2.75) is 63.5 Å². The van der Waals surface area contributed by atoms with Crippen molar-refractivity contribution in [3.05, 3.63) is 18.0 Å². The van der Waals surface area contributed by atoms with E-state index in [4.69, 9.17) is 4.74 Å². The number of hydrogen-bond donors (Lipinski definition) is 2. The summed E-state index contributed by atoms with van der Waals surface area (Å²) in [6.45, 7) is 3.14. The van der Waals surface area contributed by atoms with Gasteiger partial charge in [-0.15, -0.1) is 12.4 Å². The standard InChI is InChI=1S/C18H30N4O2.ClH/c23-18(20-11-13-24-16-7-3-1-2-4-8-16)17-9-12-22(21-17)15-6-5-10-19-14-15;/h9,12,15-16,19H,1-8,10-11,13-14H2,(H,20,23);1H. The highest BCUT2D eigenvalue weighted by Gasteiger charge is 2.18. The van der Waals surface area contributed by atoms with Gasteiger partial charge in [-0.25, -0.2) is 0 Å². The lowest BCUT2D eigenvalue weighted by atomic mass is 10.1. The molecule has 6 nitrogen and oxygen atoms in total. The van der Waals surface area contributed by atoms with Crippen LogP contribution in [0.2, 0.25) is 0 Å². The van der Waals surface area contributed by atoms with Crippen molar-refractivity contribution in [2.75, 3.05) is 26.2 Å². The maximum atomic E-state index is 12.2. The molecule has 1 amide bonds. The monoisotopic (exact) mass is 370 g/mol. The van der Waals surface area contributed by atoms with Crippen molar-refractivity contribution < 1.29 is 9.53 Å². The molecular formula is C18H31ClN4O2. The van der Waals surface area contributed by atoms with Gasteiger partial charge in [0.1, 0.15) is 5.69 Å². The fourth-order valence-corrected chi connectivity index (χ4v) is 3.61. The second kappa shape index (κ2) is 10.8. The second-order valence-electron chi connectivity index (χ2n) is 6.92. The van der Waals surface area contributed by atoms with Gasteiger partial charge in [-0.3, -0.25) is 9.48 Å². The van der Waals surface area contributed by atoms with Crippen molar-refractivity contribution in [1.82, 2.24) is 20.4 Å². The minimum Gasteiger partial charge on any atom is -0.376 e. The van der Waals surface area contributed by atoms with Gasteiger partial charge in [0, 0.05) is 19.3 Å². The van der Waals surface area contributed by atoms with E-state index in [-0.39, 0.29) is 18.3 Å². The Morgan fingerprint density at radius 1 is 1.24 bits per heavy atom. The predicted octanol–water partition coefficient (Wildman–Crippen LogP) is 2.70. The number of carbonyl (C=O) groups excluding carboxylic acids is 1. The molecule has 1 saturated carbocycles. The van der Waals surface area contributed by atoms with Crippen LogP contribution in [0.5, 0.6) is 0 Å². The lowest BCUT2D eigenvalue weighted by Crippen LogP contribution is -2.32. The molecule has 25 heavy (non-hydrogen) atoms. The molecule has 0 aromatic carbocycles. The Kier molecular flexibility index (Phi) is 8.72. The first kappa shape index (κ1) is 20.2. The highest BCUT2D eigenvalue weighted by Crippen LogP contribution is 2.19. The maximum Gasteiger partial charge on any atom is 0.271 e. The molecule has 7 heteroatoms. The molecule has 1 aliphatic carbocycles. The SMILES string of the molecule is Cl.O=C(NCCOC1CCCCCC1)c1ccn(C2CCCNC2)n1. The fourth-order valence-electron chi connectivity index (χ4n) is 3.61. The molecule has 2 fully saturated rings. The number of halogens is 1. The van der Waals surface area contributed by atoms with Gasteiger partial charge in [-0.2, -0.15) is 5.10 Å². The summed E-state index contributed by atoms with van der Waals surface area (Å²) in [6, 6.07) is 2.16. The Morgan fingerprint density at radius 2 is 2.04 bits per heavy atom. The topological polar surface area (TPSA) is 68.2 Å². The molecule has 1 aliphatic heterocycles. The van der Waals surface area contributed by atoms with Gasteiger partial charge in [-0.1, -0.05) is 25.7 Å². The third-order valence-electron chi connectivity index (χ3n) is 5.03. The molecular weight excluding hydrogens is 340 g/mol. The van der Waals surface area contributed by atoms with Crippen LogP contribution in [0.1, 0.15) is 67.9 Å². The summed E-state index contributed by atoms with van der Waals surface area (Å²) in [5, 5.41) is 10.7. The van der Waals surface area contributed by atoms with Crippen molar-refractivity contribution >= 4 is 18.3 Å². The van der Waals surface area contributed by atoms with Crippen LogP contribution < -0.4 is 10.6 Å². The van der Waals surface area contributed by atoms with Crippen LogP contribution in [0.25, 0.3) is 0 Å². The zero-order chi connectivity index (χ0) is 16.6. The van der Waals surface area contributed by atoms with E-state index < -0.39 is 0 Å². The van der Waals surface area contributed by atoms with Crippen molar-refractivity contribution in [2.24, 2.45) is 0 Å². The molecule has 1 aromatic heterocycles. The number of ether oxygens (including phenoxy) is 1. The van der Waals surface area contributed by atoms with Crippen LogP contribution in [0.4, 0.5) is 0 Å². The van der Waals surface area contributed by atoms with Crippen LogP contribution in [0.3, 0.4) is 0 Å². The van der Waals surface area contributed by atoms with Crippen LogP contribution in [-0.4, -0.2) is 48.0 Å². The number of hydrogen-bond acceptors (Lipinski definition) is 4. The summed E-state index contributed by atoms with van der Waals surface area (Å²) in [7, 11) is 0. The minimum atomic E-state index is -0.109. The number of nitrogens with zero attached hydrogens (tertiary/aromatic N) is 2. The van der Waals surface area contributed by atoms with Crippen LogP contribution in [0, 0.1) is 0 Å². The van der Waals surface area contributed by atoms with Crippen LogP contribution >= 0.6 is 12.4 Å². The average molecular weight is 371 g/mol. The van der Waals surface area contributed by atoms with E-state index in [9.17, 15) is 4.79 Å². The number of rotatable bonds is 6. The van der Waals surface area contributed by atoms with Gasteiger partial charge in [0.15, 0.2) is 0 Å². The summed E-state index contributed by atoms with van der Waals surface area (Å²) >= 11 is 0. The van der Waals surface area contributed by atoms with Gasteiger partial charge < -0.3 is 15.4 Å². The quantitative estimate of drug-likeness (QED) is 0.596. The van der Waals surface area contributed by atoms with E-state index in [1.807, 2.05) is 10.9 Å². The summed E-state index contributed by atoms with van der Waals surface area (Å²) in [5.41, 5.74) is 0.495. The maximum absolute atomic E-state index is 12.2. The lowest BCUT2D eigenvalue weighted by molar-refractivity contribution is 0.0441. The van der Waals surface area contributed by atoms with Gasteiger partial charge >= 0.3 is 0 Å². The van der Waals surface area contributed by atoms with Gasteiger partial charge in [-0.05, 0) is 38.3 Å². The number of carbonyl (C=O) groups is 1. The summed E-state index contributed by atoms with van der Waals surface area (Å²) in [6.07, 6.45) is 12.1. The molecule has 2 heterocycles. The van der Waals surface area contributed by atoms with E-state index >= 15 is 0 Å². The summed E-state index contributed by atoms with van der Waals surface area (Å²) in [5.74, 6) is -0.109. The fraction of sp³-hybridized carbons (Fsp3) is 0.778. The van der Waals surface area contributed by atoms with Gasteiger partial charge in [0.05, 0.1) is 18.8 Å². The molecule has 0 bridgehead atoms. The molecule has 1 atom stereocenters. The first-order chi connectivity index (χ1) is 11.8. The van der Waals surface area contributed by atoms with E-state index in [0.717, 1.165) is 38.8 Å². The molecule has 3 rings (SSSR count). The molecule has 2 N–H and O–H groups in total. The predicted molar refractivity (Wildman–Crippen MR) is 100 cm³/mol. The normalized spacial score (nSPS) is 22.0. The van der Waals surface area contributed by atoms with Crippen LogP contribution in [0.15, 0.2) is 12.3 Å². The van der Waals surface area contributed by atoms with E-state index in [1.54, 1.807) is 6.07 Å². The molecule has 0 radical (unpaired) electrons. The van der Waals surface area contributed by atoms with Crippen molar-refractivity contribution in [1.29, 1.82) is 0 Å². The Labute approximate surface area is 156 Å². The highest BCUT2D eigenvalue weighted by molar-refractivity contribution is 5.92. The second-order valence-corrected chi connectivity index (χ2v) is 6.92. The average Bonchev–Trinajstić information content (AvgIpc) is 2.97. The molecule has 1 saturated heterocycles. The number of nitrogens with one attached hydrogen (secondary N) is 2. The molecule has 0 spiro atoms. The van der Waals surface area contributed by atoms with E-state index in [0.29, 0.717) is 31.0 Å². The summed E-state index contributed by atoms with van der Waals surface area (Å²) in [4.78, 5) is 12.2. The molecule has 142 valence electrons. The first-order valence-electron chi connectivity index (χ1n) is 9.48.